The second-order valence-corrected chi connectivity index (χ2v) is 7.26. The zero-order chi connectivity index (χ0) is 19.1. The van der Waals surface area contributed by atoms with E-state index >= 15 is 0 Å². The maximum Gasteiger partial charge on any atom is 0.573 e. The Morgan fingerprint density at radius 1 is 1.04 bits per heavy atom. The molecule has 2 aromatic rings. The van der Waals surface area contributed by atoms with E-state index in [1.165, 1.54) is 0 Å². The van der Waals surface area contributed by atoms with Gasteiger partial charge in [0, 0.05) is 54.5 Å². The summed E-state index contributed by atoms with van der Waals surface area (Å²) in [6.45, 7) is 4.43. The van der Waals surface area contributed by atoms with E-state index in [2.05, 4.69) is 9.80 Å². The smallest absolute Gasteiger partial charge is 0.422 e. The maximum absolute atomic E-state index is 14.0. The van der Waals surface area contributed by atoms with Crippen LogP contribution in [0, 0.1) is 0 Å². The second kappa shape index (κ2) is 6.98. The predicted octanol–water partition coefficient (Wildman–Crippen LogP) is 2.83. The van der Waals surface area contributed by atoms with Crippen LogP contribution < -0.4 is 20.9 Å². The minimum atomic E-state index is -2.94. The zero-order valence-electron chi connectivity index (χ0n) is 15.3. The van der Waals surface area contributed by atoms with Crippen molar-refractivity contribution < 1.29 is 17.8 Å². The lowest BCUT2D eigenvalue weighted by Gasteiger charge is -2.25. The lowest BCUT2D eigenvalue weighted by molar-refractivity contribution is 0.101. The average Bonchev–Trinajstić information content (AvgIpc) is 3.32. The molecule has 142 valence electrons. The molecule has 3 heterocycles. The first kappa shape index (κ1) is 18.0. The van der Waals surface area contributed by atoms with E-state index in [1.807, 2.05) is 6.07 Å². The Kier molecular flexibility index (Phi) is 4.66. The number of ketones is 1. The van der Waals surface area contributed by atoms with Crippen LogP contribution in [-0.2, 0) is 0 Å². The molecule has 2 fully saturated rings. The summed E-state index contributed by atoms with van der Waals surface area (Å²) in [5.41, 5.74) is -0.382. The van der Waals surface area contributed by atoms with Crippen LogP contribution in [0.2, 0.25) is 0 Å². The molecular formula is C19H21BF2N2O3. The first-order valence-electron chi connectivity index (χ1n) is 9.41. The monoisotopic (exact) mass is 374 g/mol. The first-order chi connectivity index (χ1) is 13.0. The molecule has 2 aliphatic rings. The summed E-state index contributed by atoms with van der Waals surface area (Å²) in [4.78, 5) is 28.5. The van der Waals surface area contributed by atoms with E-state index in [9.17, 15) is 18.2 Å². The van der Waals surface area contributed by atoms with Crippen molar-refractivity contribution >= 4 is 40.9 Å². The van der Waals surface area contributed by atoms with Gasteiger partial charge in [-0.2, -0.15) is 0 Å². The fourth-order valence-corrected chi connectivity index (χ4v) is 4.24. The van der Waals surface area contributed by atoms with E-state index < -0.39 is 29.7 Å². The van der Waals surface area contributed by atoms with Gasteiger partial charge >= 0.3 is 12.9 Å². The second-order valence-electron chi connectivity index (χ2n) is 7.26. The van der Waals surface area contributed by atoms with Crippen LogP contribution in [0.1, 0.15) is 43.0 Å². The van der Waals surface area contributed by atoms with E-state index in [1.54, 1.807) is 6.07 Å². The van der Waals surface area contributed by atoms with Gasteiger partial charge in [-0.15, -0.1) is 0 Å². The molecule has 8 heteroatoms. The van der Waals surface area contributed by atoms with E-state index in [-0.39, 0.29) is 11.0 Å². The van der Waals surface area contributed by atoms with Crippen molar-refractivity contribution in [2.75, 3.05) is 36.0 Å². The van der Waals surface area contributed by atoms with Crippen molar-refractivity contribution in [3.8, 4) is 0 Å². The van der Waals surface area contributed by atoms with Crippen LogP contribution in [0.25, 0.3) is 11.0 Å². The van der Waals surface area contributed by atoms with E-state index in [0.717, 1.165) is 64.5 Å². The number of nitrogens with zero attached hydrogens (tertiary/aromatic N) is 2. The van der Waals surface area contributed by atoms with Crippen molar-refractivity contribution in [2.45, 2.75) is 32.6 Å². The molecule has 4 rings (SSSR count). The summed E-state index contributed by atoms with van der Waals surface area (Å²) in [6.07, 6.45) is 4.12. The third-order valence-corrected chi connectivity index (χ3v) is 5.50. The highest BCUT2D eigenvalue weighted by molar-refractivity contribution is 6.65. The van der Waals surface area contributed by atoms with Crippen molar-refractivity contribution in [1.82, 2.24) is 0 Å². The number of rotatable bonds is 4. The molecule has 27 heavy (non-hydrogen) atoms. The molecule has 0 spiro atoms. The van der Waals surface area contributed by atoms with Gasteiger partial charge in [-0.1, -0.05) is 0 Å². The molecule has 0 unspecified atom stereocenters. The summed E-state index contributed by atoms with van der Waals surface area (Å²) < 4.78 is 33.4. The van der Waals surface area contributed by atoms with Crippen molar-refractivity contribution in [1.29, 1.82) is 0 Å². The first-order valence-corrected chi connectivity index (χ1v) is 9.41. The lowest BCUT2D eigenvalue weighted by Crippen LogP contribution is -2.35. The van der Waals surface area contributed by atoms with Gasteiger partial charge in [-0.25, -0.2) is 4.79 Å². The van der Waals surface area contributed by atoms with Gasteiger partial charge in [0.05, 0.1) is 0 Å². The summed E-state index contributed by atoms with van der Waals surface area (Å²) in [5, 5.41) is 0.194. The molecule has 1 aromatic heterocycles. The van der Waals surface area contributed by atoms with Gasteiger partial charge in [0.1, 0.15) is 11.1 Å². The van der Waals surface area contributed by atoms with Gasteiger partial charge in [0.2, 0.25) is 0 Å². The highest BCUT2D eigenvalue weighted by atomic mass is 19.2. The Morgan fingerprint density at radius 3 is 2.19 bits per heavy atom. The number of halogens is 2. The lowest BCUT2D eigenvalue weighted by atomic mass is 9.78. The van der Waals surface area contributed by atoms with Crippen LogP contribution in [0.4, 0.5) is 20.0 Å². The fourth-order valence-electron chi connectivity index (χ4n) is 4.24. The quantitative estimate of drug-likeness (QED) is 0.468. The van der Waals surface area contributed by atoms with Crippen LogP contribution in [0.15, 0.2) is 21.3 Å². The Balaban J connectivity index is 2.05. The number of hydrogen-bond donors (Lipinski definition) is 0. The third kappa shape index (κ3) is 3.11. The Morgan fingerprint density at radius 2 is 1.63 bits per heavy atom. The normalized spacial score (nSPS) is 17.1. The molecule has 2 saturated heterocycles. The van der Waals surface area contributed by atoms with Gasteiger partial charge in [0.15, 0.2) is 5.78 Å². The number of carbonyl (C=O) groups is 1. The summed E-state index contributed by atoms with van der Waals surface area (Å²) in [7, 11) is -2.94. The highest BCUT2D eigenvalue weighted by Crippen LogP contribution is 2.35. The van der Waals surface area contributed by atoms with Gasteiger partial charge < -0.3 is 14.2 Å². The summed E-state index contributed by atoms with van der Waals surface area (Å²) in [6, 6.07) is 3.58. The highest BCUT2D eigenvalue weighted by Gasteiger charge is 2.33. The van der Waals surface area contributed by atoms with E-state index in [4.69, 9.17) is 4.42 Å². The molecule has 0 amide bonds. The standard InChI is InChI=1S/C19H21BF2N2O3/c1-12(25)16-18(20(21)22)17-14(24-8-4-5-9-24)10-13(23-6-2-3-7-23)11-15(17)27-19(16)26/h10-11H,2-9H2,1H3. The maximum atomic E-state index is 14.0. The number of anilines is 2. The average molecular weight is 374 g/mol. The van der Waals surface area contributed by atoms with Crippen LogP contribution in [-0.4, -0.2) is 39.2 Å². The number of fused-ring (bicyclic) bond motifs is 1. The number of Topliss-reactive ketones (excluding diaryl/α,β-unsaturated/α-hetero) is 1. The number of carbonyl (C=O) groups excluding carboxylic acids is 1. The Hall–Kier alpha value is -2.38. The van der Waals surface area contributed by atoms with E-state index in [0.29, 0.717) is 5.69 Å². The van der Waals surface area contributed by atoms with Crippen LogP contribution in [0.5, 0.6) is 0 Å². The molecule has 0 saturated carbocycles. The molecule has 0 N–H and O–H groups in total. The SMILES string of the molecule is CC(=O)c1c(B(F)F)c2c(N3CCCC3)cc(N3CCCC3)cc2oc1=O. The molecule has 0 atom stereocenters. The topological polar surface area (TPSA) is 53.8 Å². The fraction of sp³-hybridized carbons (Fsp3) is 0.474. The van der Waals surface area contributed by atoms with Crippen molar-refractivity contribution in [3.63, 3.8) is 0 Å². The minimum absolute atomic E-state index is 0.131. The van der Waals surface area contributed by atoms with Crippen molar-refractivity contribution in [2.24, 2.45) is 0 Å². The minimum Gasteiger partial charge on any atom is -0.422 e. The van der Waals surface area contributed by atoms with Gasteiger partial charge in [-0.3, -0.25) is 13.4 Å². The van der Waals surface area contributed by atoms with Gasteiger partial charge in [0.25, 0.3) is 0 Å². The summed E-state index contributed by atoms with van der Waals surface area (Å²) >= 11 is 0. The molecule has 0 aliphatic carbocycles. The number of benzene rings is 1. The Bertz CT molecular complexity index is 948. The van der Waals surface area contributed by atoms with Gasteiger partial charge in [-0.05, 0) is 38.7 Å². The van der Waals surface area contributed by atoms with Crippen LogP contribution in [0.3, 0.4) is 0 Å². The molecule has 1 aromatic carbocycles. The van der Waals surface area contributed by atoms with Crippen LogP contribution >= 0.6 is 0 Å². The van der Waals surface area contributed by atoms with Crippen molar-refractivity contribution in [3.05, 3.63) is 28.1 Å². The molecule has 2 aliphatic heterocycles. The molecule has 0 radical (unpaired) electrons. The Labute approximate surface area is 156 Å². The predicted molar refractivity (Wildman–Crippen MR) is 103 cm³/mol. The summed E-state index contributed by atoms with van der Waals surface area (Å²) in [5.74, 6) is -0.697. The molecule has 0 bridgehead atoms. The number of hydrogen-bond acceptors (Lipinski definition) is 5. The molecular weight excluding hydrogens is 353 g/mol. The zero-order valence-corrected chi connectivity index (χ0v) is 15.3. The largest absolute Gasteiger partial charge is 0.573 e. The molecule has 5 nitrogen and oxygen atoms in total. The third-order valence-electron chi connectivity index (χ3n) is 5.50.